The zero-order chi connectivity index (χ0) is 10.1. The molecule has 0 saturated heterocycles. The van der Waals surface area contributed by atoms with Crippen molar-refractivity contribution in [1.82, 2.24) is 0 Å². The highest BCUT2D eigenvalue weighted by Gasteiger charge is 2.20. The maximum Gasteiger partial charge on any atom is 0.141 e. The summed E-state index contributed by atoms with van der Waals surface area (Å²) in [6, 6.07) is 5.17. The maximum atomic E-state index is 13.2. The molecule has 1 unspecified atom stereocenters. The van der Waals surface area contributed by atoms with Crippen molar-refractivity contribution in [3.63, 3.8) is 0 Å². The largest absolute Gasteiger partial charge is 0.327 e. The Morgan fingerprint density at radius 1 is 1.50 bits per heavy atom. The Morgan fingerprint density at radius 3 is 3.00 bits per heavy atom. The standard InChI is InChI=1S/C11H11FN2/c12-11-4-1-7-5-8(14)2-3-9(7)10(11)6-13/h1,4,8H,2-3,5,14H2. The second-order valence-electron chi connectivity index (χ2n) is 3.67. The molecule has 1 aliphatic rings. The molecule has 3 heteroatoms. The lowest BCUT2D eigenvalue weighted by Gasteiger charge is -2.22. The monoisotopic (exact) mass is 190 g/mol. The van der Waals surface area contributed by atoms with Crippen molar-refractivity contribution in [3.8, 4) is 6.07 Å². The predicted octanol–water partition coefficient (Wildman–Crippen LogP) is 1.51. The minimum Gasteiger partial charge on any atom is -0.327 e. The van der Waals surface area contributed by atoms with Crippen molar-refractivity contribution >= 4 is 0 Å². The Balaban J connectivity index is 2.54. The number of hydrogen-bond donors (Lipinski definition) is 1. The molecule has 0 bridgehead atoms. The molecule has 0 radical (unpaired) electrons. The van der Waals surface area contributed by atoms with Crippen LogP contribution in [-0.4, -0.2) is 6.04 Å². The summed E-state index contributed by atoms with van der Waals surface area (Å²) < 4.78 is 13.2. The van der Waals surface area contributed by atoms with Gasteiger partial charge in [0.25, 0.3) is 0 Å². The molecular formula is C11H11FN2. The van der Waals surface area contributed by atoms with Crippen molar-refractivity contribution < 1.29 is 4.39 Å². The van der Waals surface area contributed by atoms with E-state index in [4.69, 9.17) is 11.0 Å². The van der Waals surface area contributed by atoms with Crippen LogP contribution in [0, 0.1) is 17.1 Å². The smallest absolute Gasteiger partial charge is 0.141 e. The average molecular weight is 190 g/mol. The van der Waals surface area contributed by atoms with E-state index in [1.54, 1.807) is 6.07 Å². The molecule has 0 fully saturated rings. The molecule has 1 aromatic carbocycles. The minimum absolute atomic E-state index is 0.152. The van der Waals surface area contributed by atoms with E-state index in [0.29, 0.717) is 0 Å². The van der Waals surface area contributed by atoms with Gasteiger partial charge in [-0.25, -0.2) is 4.39 Å². The van der Waals surface area contributed by atoms with Crippen LogP contribution in [0.2, 0.25) is 0 Å². The van der Waals surface area contributed by atoms with Crippen molar-refractivity contribution in [1.29, 1.82) is 5.26 Å². The number of fused-ring (bicyclic) bond motifs is 1. The fourth-order valence-electron chi connectivity index (χ4n) is 1.97. The van der Waals surface area contributed by atoms with Crippen LogP contribution < -0.4 is 5.73 Å². The van der Waals surface area contributed by atoms with Crippen LogP contribution in [0.25, 0.3) is 0 Å². The first-order valence-electron chi connectivity index (χ1n) is 4.68. The third-order valence-electron chi connectivity index (χ3n) is 2.72. The van der Waals surface area contributed by atoms with Crippen LogP contribution in [0.4, 0.5) is 4.39 Å². The molecule has 0 aliphatic heterocycles. The number of nitrogens with zero attached hydrogens (tertiary/aromatic N) is 1. The zero-order valence-corrected chi connectivity index (χ0v) is 7.76. The summed E-state index contributed by atoms with van der Waals surface area (Å²) in [4.78, 5) is 0. The third-order valence-corrected chi connectivity index (χ3v) is 2.72. The van der Waals surface area contributed by atoms with Gasteiger partial charge in [-0.1, -0.05) is 6.07 Å². The van der Waals surface area contributed by atoms with Crippen LogP contribution in [0.15, 0.2) is 12.1 Å². The van der Waals surface area contributed by atoms with Crippen molar-refractivity contribution in [2.45, 2.75) is 25.3 Å². The predicted molar refractivity (Wildman–Crippen MR) is 51.1 cm³/mol. The van der Waals surface area contributed by atoms with E-state index < -0.39 is 5.82 Å². The van der Waals surface area contributed by atoms with Crippen molar-refractivity contribution in [2.24, 2.45) is 5.73 Å². The van der Waals surface area contributed by atoms with Gasteiger partial charge in [-0.05, 0) is 36.5 Å². The summed E-state index contributed by atoms with van der Waals surface area (Å²) in [5.74, 6) is -0.415. The van der Waals surface area contributed by atoms with Crippen LogP contribution in [0.5, 0.6) is 0 Å². The number of rotatable bonds is 0. The number of hydrogen-bond acceptors (Lipinski definition) is 2. The Kier molecular flexibility index (Phi) is 2.22. The Bertz CT molecular complexity index is 406. The van der Waals surface area contributed by atoms with Gasteiger partial charge < -0.3 is 5.73 Å². The van der Waals surface area contributed by atoms with Crippen LogP contribution >= 0.6 is 0 Å². The molecule has 1 aliphatic carbocycles. The summed E-state index contributed by atoms with van der Waals surface area (Å²) >= 11 is 0. The number of halogens is 1. The second-order valence-corrected chi connectivity index (χ2v) is 3.67. The summed E-state index contributed by atoms with van der Waals surface area (Å²) in [7, 11) is 0. The van der Waals surface area contributed by atoms with E-state index in [1.165, 1.54) is 6.07 Å². The molecule has 0 spiro atoms. The van der Waals surface area contributed by atoms with E-state index in [0.717, 1.165) is 30.4 Å². The van der Waals surface area contributed by atoms with Gasteiger partial charge in [0.15, 0.2) is 0 Å². The minimum atomic E-state index is -0.415. The van der Waals surface area contributed by atoms with Gasteiger partial charge >= 0.3 is 0 Å². The molecule has 72 valence electrons. The molecule has 2 N–H and O–H groups in total. The number of nitriles is 1. The summed E-state index contributed by atoms with van der Waals surface area (Å²) in [5, 5.41) is 8.82. The second kappa shape index (κ2) is 3.39. The molecule has 1 atom stereocenters. The highest BCUT2D eigenvalue weighted by atomic mass is 19.1. The Labute approximate surface area is 82.1 Å². The van der Waals surface area contributed by atoms with E-state index in [2.05, 4.69) is 0 Å². The van der Waals surface area contributed by atoms with Gasteiger partial charge in [-0.15, -0.1) is 0 Å². The fourth-order valence-corrected chi connectivity index (χ4v) is 1.97. The average Bonchev–Trinajstić information content (AvgIpc) is 2.18. The topological polar surface area (TPSA) is 49.8 Å². The normalized spacial score (nSPS) is 19.9. The third kappa shape index (κ3) is 1.38. The van der Waals surface area contributed by atoms with E-state index in [9.17, 15) is 4.39 Å². The van der Waals surface area contributed by atoms with Crippen LogP contribution in [-0.2, 0) is 12.8 Å². The van der Waals surface area contributed by atoms with E-state index in [-0.39, 0.29) is 11.6 Å². The molecule has 0 aromatic heterocycles. The lowest BCUT2D eigenvalue weighted by molar-refractivity contribution is 0.564. The van der Waals surface area contributed by atoms with E-state index in [1.807, 2.05) is 6.07 Å². The van der Waals surface area contributed by atoms with Gasteiger partial charge in [-0.3, -0.25) is 0 Å². The SMILES string of the molecule is N#Cc1c(F)ccc2c1CCC(N)C2. The molecule has 0 heterocycles. The molecule has 2 rings (SSSR count). The van der Waals surface area contributed by atoms with Gasteiger partial charge in [0.2, 0.25) is 0 Å². The highest BCUT2D eigenvalue weighted by Crippen LogP contribution is 2.25. The highest BCUT2D eigenvalue weighted by molar-refractivity contribution is 5.45. The Hall–Kier alpha value is -1.40. The molecule has 0 amide bonds. The first kappa shape index (κ1) is 9.17. The van der Waals surface area contributed by atoms with Crippen LogP contribution in [0.3, 0.4) is 0 Å². The van der Waals surface area contributed by atoms with Crippen molar-refractivity contribution in [2.75, 3.05) is 0 Å². The van der Waals surface area contributed by atoms with Crippen LogP contribution in [0.1, 0.15) is 23.1 Å². The van der Waals surface area contributed by atoms with Gasteiger partial charge in [0, 0.05) is 6.04 Å². The lowest BCUT2D eigenvalue weighted by atomic mass is 9.86. The molecular weight excluding hydrogens is 179 g/mol. The summed E-state index contributed by atoms with van der Waals surface area (Å²) in [5.41, 5.74) is 7.89. The summed E-state index contributed by atoms with van der Waals surface area (Å²) in [6.45, 7) is 0. The van der Waals surface area contributed by atoms with Gasteiger partial charge in [-0.2, -0.15) is 5.26 Å². The first-order chi connectivity index (χ1) is 6.72. The molecule has 1 aromatic rings. The zero-order valence-electron chi connectivity index (χ0n) is 7.76. The quantitative estimate of drug-likeness (QED) is 0.674. The Morgan fingerprint density at radius 2 is 2.29 bits per heavy atom. The fraction of sp³-hybridized carbons (Fsp3) is 0.364. The van der Waals surface area contributed by atoms with Gasteiger partial charge in [0.1, 0.15) is 11.9 Å². The summed E-state index contributed by atoms with van der Waals surface area (Å²) in [6.07, 6.45) is 2.31. The molecule has 0 saturated carbocycles. The lowest BCUT2D eigenvalue weighted by Crippen LogP contribution is -2.28. The first-order valence-corrected chi connectivity index (χ1v) is 4.68. The van der Waals surface area contributed by atoms with Crippen molar-refractivity contribution in [3.05, 3.63) is 34.6 Å². The number of nitrogens with two attached hydrogens (primary N) is 1. The van der Waals surface area contributed by atoms with Gasteiger partial charge in [0.05, 0.1) is 5.56 Å². The molecule has 2 nitrogen and oxygen atoms in total. The molecule has 14 heavy (non-hydrogen) atoms. The maximum absolute atomic E-state index is 13.2. The van der Waals surface area contributed by atoms with E-state index >= 15 is 0 Å². The number of benzene rings is 1.